The van der Waals surface area contributed by atoms with E-state index in [0.717, 1.165) is 25.9 Å². The average Bonchev–Trinajstić information content (AvgIpc) is 3.47. The number of nitrogens with zero attached hydrogens (tertiary/aromatic N) is 6. The maximum absolute atomic E-state index is 15.0. The molecule has 1 aromatic carbocycles. The van der Waals surface area contributed by atoms with Crippen LogP contribution in [0.1, 0.15) is 18.9 Å². The largest absolute Gasteiger partial charge is 0.423 e. The highest BCUT2D eigenvalue weighted by Crippen LogP contribution is 2.38. The van der Waals surface area contributed by atoms with Gasteiger partial charge in [-0.3, -0.25) is 14.5 Å². The minimum absolute atomic E-state index is 0.0710. The summed E-state index contributed by atoms with van der Waals surface area (Å²) >= 11 is 0. The van der Waals surface area contributed by atoms with Gasteiger partial charge in [-0.2, -0.15) is 0 Å². The Morgan fingerprint density at radius 3 is 2.67 bits per heavy atom. The van der Waals surface area contributed by atoms with E-state index in [1.807, 2.05) is 15.7 Å². The number of benzene rings is 1. The molecule has 10 heteroatoms. The Morgan fingerprint density at radius 1 is 1.20 bits per heavy atom. The van der Waals surface area contributed by atoms with E-state index in [-0.39, 0.29) is 23.6 Å². The Balaban J connectivity index is 1.45. The Hall–Kier alpha value is -3.27. The van der Waals surface area contributed by atoms with Crippen LogP contribution in [0.4, 0.5) is 10.1 Å². The van der Waals surface area contributed by atoms with Gasteiger partial charge in [-0.25, -0.2) is 9.07 Å². The standard InChI is InChI=1S/C20H21FN6O3/c21-16-9-15-17(27(14-1-2-14)11-19(20(15)29)30-13-28)10-18(16)25-7-5-24(6-8-25)12-26-4-3-22-23-26/h3-4,9-11,13-14H,1-2,5-8,12H2. The number of hydrogen-bond donors (Lipinski definition) is 0. The van der Waals surface area contributed by atoms with Crippen LogP contribution in [0, 0.1) is 5.82 Å². The lowest BCUT2D eigenvalue weighted by Gasteiger charge is -2.36. The maximum Gasteiger partial charge on any atom is 0.298 e. The van der Waals surface area contributed by atoms with Crippen molar-refractivity contribution < 1.29 is 13.9 Å². The second-order valence-electron chi connectivity index (χ2n) is 7.68. The van der Waals surface area contributed by atoms with Crippen molar-refractivity contribution in [2.75, 3.05) is 31.1 Å². The molecule has 2 aliphatic rings. The predicted octanol–water partition coefficient (Wildman–Crippen LogP) is 1.38. The first kappa shape index (κ1) is 18.7. The minimum Gasteiger partial charge on any atom is -0.423 e. The monoisotopic (exact) mass is 412 g/mol. The van der Waals surface area contributed by atoms with E-state index < -0.39 is 11.2 Å². The van der Waals surface area contributed by atoms with Gasteiger partial charge in [0.25, 0.3) is 6.47 Å². The fourth-order valence-electron chi connectivity index (χ4n) is 4.01. The molecule has 0 unspecified atom stereocenters. The van der Waals surface area contributed by atoms with Crippen LogP contribution in [-0.2, 0) is 11.5 Å². The highest BCUT2D eigenvalue weighted by atomic mass is 19.1. The number of aromatic nitrogens is 4. The van der Waals surface area contributed by atoms with Crippen LogP contribution in [0.25, 0.3) is 10.9 Å². The lowest BCUT2D eigenvalue weighted by atomic mass is 10.1. The van der Waals surface area contributed by atoms with E-state index in [0.29, 0.717) is 31.0 Å². The quantitative estimate of drug-likeness (QED) is 0.566. The van der Waals surface area contributed by atoms with Crippen LogP contribution in [0.15, 0.2) is 35.5 Å². The van der Waals surface area contributed by atoms with Gasteiger partial charge in [0.2, 0.25) is 5.43 Å². The first-order chi connectivity index (χ1) is 14.6. The number of fused-ring (bicyclic) bond motifs is 1. The number of ether oxygens (including phenoxy) is 1. The van der Waals surface area contributed by atoms with Crippen molar-refractivity contribution >= 4 is 23.1 Å². The minimum atomic E-state index is -0.475. The highest BCUT2D eigenvalue weighted by molar-refractivity contribution is 5.85. The van der Waals surface area contributed by atoms with E-state index in [9.17, 15) is 9.59 Å². The molecule has 0 bridgehead atoms. The number of anilines is 1. The van der Waals surface area contributed by atoms with Gasteiger partial charge in [-0.05, 0) is 25.0 Å². The van der Waals surface area contributed by atoms with Gasteiger partial charge in [-0.15, -0.1) is 5.10 Å². The predicted molar refractivity (Wildman–Crippen MR) is 107 cm³/mol. The Kier molecular flexibility index (Phi) is 4.70. The number of carbonyl (C=O) groups is 1. The van der Waals surface area contributed by atoms with Crippen molar-refractivity contribution in [1.82, 2.24) is 24.5 Å². The molecule has 0 spiro atoms. The van der Waals surface area contributed by atoms with E-state index >= 15 is 4.39 Å². The van der Waals surface area contributed by atoms with Crippen molar-refractivity contribution in [3.8, 4) is 5.75 Å². The second-order valence-corrected chi connectivity index (χ2v) is 7.68. The molecular weight excluding hydrogens is 391 g/mol. The molecule has 3 heterocycles. The zero-order chi connectivity index (χ0) is 20.7. The van der Waals surface area contributed by atoms with Crippen LogP contribution in [0.5, 0.6) is 5.75 Å². The fourth-order valence-corrected chi connectivity index (χ4v) is 4.01. The number of hydrogen-bond acceptors (Lipinski definition) is 7. The van der Waals surface area contributed by atoms with Crippen molar-refractivity contribution in [1.29, 1.82) is 0 Å². The normalized spacial score (nSPS) is 17.4. The van der Waals surface area contributed by atoms with Crippen molar-refractivity contribution in [2.45, 2.75) is 25.6 Å². The molecule has 1 aliphatic carbocycles. The molecule has 2 fully saturated rings. The fraction of sp³-hybridized carbons (Fsp3) is 0.400. The molecule has 5 rings (SSSR count). The summed E-state index contributed by atoms with van der Waals surface area (Å²) in [6.07, 6.45) is 6.98. The third kappa shape index (κ3) is 3.43. The van der Waals surface area contributed by atoms with Crippen molar-refractivity contribution in [2.24, 2.45) is 0 Å². The van der Waals surface area contributed by atoms with Crippen LogP contribution in [-0.4, -0.2) is 57.1 Å². The Morgan fingerprint density at radius 2 is 2.00 bits per heavy atom. The van der Waals surface area contributed by atoms with Crippen LogP contribution in [0.2, 0.25) is 0 Å². The molecule has 2 aromatic heterocycles. The number of pyridine rings is 1. The number of halogens is 1. The van der Waals surface area contributed by atoms with Crippen LogP contribution in [0.3, 0.4) is 0 Å². The summed E-state index contributed by atoms with van der Waals surface area (Å²) in [5.41, 5.74) is 0.681. The molecule has 1 aliphatic heterocycles. The first-order valence-corrected chi connectivity index (χ1v) is 9.94. The molecule has 0 N–H and O–H groups in total. The summed E-state index contributed by atoms with van der Waals surface area (Å²) in [6.45, 7) is 3.73. The van der Waals surface area contributed by atoms with Gasteiger partial charge in [-0.1, -0.05) is 5.21 Å². The molecule has 0 atom stereocenters. The Bertz CT molecular complexity index is 1130. The summed E-state index contributed by atoms with van der Waals surface area (Å²) in [5.74, 6) is -0.520. The van der Waals surface area contributed by atoms with Crippen LogP contribution >= 0.6 is 0 Å². The summed E-state index contributed by atoms with van der Waals surface area (Å²) in [6, 6.07) is 3.26. The van der Waals surface area contributed by atoms with E-state index in [4.69, 9.17) is 4.74 Å². The summed E-state index contributed by atoms with van der Waals surface area (Å²) in [4.78, 5) is 27.6. The van der Waals surface area contributed by atoms with Crippen molar-refractivity contribution in [3.05, 3.63) is 46.8 Å². The SMILES string of the molecule is O=COc1cn(C2CC2)c2cc(N3CCN(Cn4ccnn4)CC3)c(F)cc2c1=O. The number of piperazine rings is 1. The molecule has 0 radical (unpaired) electrons. The Labute approximate surface area is 171 Å². The summed E-state index contributed by atoms with van der Waals surface area (Å²) in [7, 11) is 0. The van der Waals surface area contributed by atoms with E-state index in [1.54, 1.807) is 23.1 Å². The lowest BCUT2D eigenvalue weighted by molar-refractivity contribution is -0.120. The zero-order valence-electron chi connectivity index (χ0n) is 16.3. The number of carbonyl (C=O) groups excluding carboxylic acids is 1. The summed E-state index contributed by atoms with van der Waals surface area (Å²) in [5, 5.41) is 8.03. The smallest absolute Gasteiger partial charge is 0.298 e. The lowest BCUT2D eigenvalue weighted by Crippen LogP contribution is -2.47. The average molecular weight is 412 g/mol. The third-order valence-electron chi connectivity index (χ3n) is 5.71. The molecule has 156 valence electrons. The van der Waals surface area contributed by atoms with Gasteiger partial charge < -0.3 is 14.2 Å². The summed E-state index contributed by atoms with van der Waals surface area (Å²) < 4.78 is 23.6. The molecule has 30 heavy (non-hydrogen) atoms. The molecule has 1 saturated carbocycles. The highest BCUT2D eigenvalue weighted by Gasteiger charge is 2.28. The maximum atomic E-state index is 15.0. The molecule has 9 nitrogen and oxygen atoms in total. The van der Waals surface area contributed by atoms with Crippen molar-refractivity contribution in [3.63, 3.8) is 0 Å². The van der Waals surface area contributed by atoms with Gasteiger partial charge in [0.05, 0.1) is 35.7 Å². The third-order valence-corrected chi connectivity index (χ3v) is 5.71. The van der Waals surface area contributed by atoms with Gasteiger partial charge in [0, 0.05) is 38.4 Å². The molecule has 0 amide bonds. The molecule has 1 saturated heterocycles. The molecular formula is C20H21FN6O3. The second kappa shape index (κ2) is 7.52. The van der Waals surface area contributed by atoms with E-state index in [2.05, 4.69) is 15.2 Å². The molecule has 3 aromatic rings. The zero-order valence-corrected chi connectivity index (χ0v) is 16.3. The van der Waals surface area contributed by atoms with Gasteiger partial charge in [0.1, 0.15) is 5.82 Å². The topological polar surface area (TPSA) is 85.5 Å². The first-order valence-electron chi connectivity index (χ1n) is 9.94. The van der Waals surface area contributed by atoms with E-state index in [1.165, 1.54) is 6.07 Å². The van der Waals surface area contributed by atoms with Gasteiger partial charge >= 0.3 is 0 Å². The van der Waals surface area contributed by atoms with Crippen LogP contribution < -0.4 is 15.1 Å². The van der Waals surface area contributed by atoms with Gasteiger partial charge in [0.15, 0.2) is 5.75 Å². The number of rotatable bonds is 6.